The van der Waals surface area contributed by atoms with Gasteiger partial charge in [-0.1, -0.05) is 33.6 Å². The van der Waals surface area contributed by atoms with Crippen LogP contribution in [0.3, 0.4) is 0 Å². The first-order chi connectivity index (χ1) is 7.70. The van der Waals surface area contributed by atoms with E-state index in [1.807, 2.05) is 0 Å². The Bertz CT molecular complexity index is 339. The molecule has 0 amide bonds. The van der Waals surface area contributed by atoms with E-state index in [0.29, 0.717) is 5.92 Å². The molecule has 0 saturated heterocycles. The maximum absolute atomic E-state index is 4.51. The number of aromatic nitrogens is 2. The second kappa shape index (κ2) is 5.03. The largest absolute Gasteiger partial charge is 0.282 e. The molecule has 1 aromatic rings. The molecule has 0 saturated carbocycles. The van der Waals surface area contributed by atoms with Crippen molar-refractivity contribution in [2.24, 2.45) is 11.8 Å². The maximum atomic E-state index is 4.51. The molecule has 2 rings (SSSR count). The lowest BCUT2D eigenvalue weighted by atomic mass is 9.83. The van der Waals surface area contributed by atoms with Gasteiger partial charge in [0, 0.05) is 5.69 Å². The summed E-state index contributed by atoms with van der Waals surface area (Å²) in [4.78, 5) is 0. The Labute approximate surface area is 98.8 Å². The SMILES string of the molecule is CCCC1CCc2[nH]nc(CC(C)C)c2C1. The highest BCUT2D eigenvalue weighted by molar-refractivity contribution is 5.28. The van der Waals surface area contributed by atoms with E-state index < -0.39 is 0 Å². The number of fused-ring (bicyclic) bond motifs is 1. The van der Waals surface area contributed by atoms with Crippen molar-refractivity contribution in [3.05, 3.63) is 17.0 Å². The van der Waals surface area contributed by atoms with Gasteiger partial charge < -0.3 is 0 Å². The number of hydrogen-bond donors (Lipinski definition) is 1. The molecular weight excluding hydrogens is 196 g/mol. The molecule has 90 valence electrons. The molecule has 2 heteroatoms. The Morgan fingerprint density at radius 1 is 1.44 bits per heavy atom. The van der Waals surface area contributed by atoms with Crippen molar-refractivity contribution in [3.63, 3.8) is 0 Å². The monoisotopic (exact) mass is 220 g/mol. The van der Waals surface area contributed by atoms with Crippen LogP contribution in [0.5, 0.6) is 0 Å². The minimum atomic E-state index is 0.707. The van der Waals surface area contributed by atoms with Crippen LogP contribution in [0.25, 0.3) is 0 Å². The van der Waals surface area contributed by atoms with Crippen molar-refractivity contribution in [1.29, 1.82) is 0 Å². The molecular formula is C14H24N2. The lowest BCUT2D eigenvalue weighted by molar-refractivity contribution is 0.419. The van der Waals surface area contributed by atoms with Crippen LogP contribution in [0.15, 0.2) is 0 Å². The molecule has 0 aromatic carbocycles. The third-order valence-electron chi connectivity index (χ3n) is 3.63. The van der Waals surface area contributed by atoms with Crippen LogP contribution < -0.4 is 0 Å². The van der Waals surface area contributed by atoms with Gasteiger partial charge in [-0.3, -0.25) is 5.10 Å². The van der Waals surface area contributed by atoms with E-state index in [1.165, 1.54) is 43.5 Å². The number of nitrogens with one attached hydrogen (secondary N) is 1. The van der Waals surface area contributed by atoms with Crippen molar-refractivity contribution < 1.29 is 0 Å². The van der Waals surface area contributed by atoms with Gasteiger partial charge in [0.2, 0.25) is 0 Å². The van der Waals surface area contributed by atoms with Crippen LogP contribution in [-0.4, -0.2) is 10.2 Å². The highest BCUT2D eigenvalue weighted by Crippen LogP contribution is 2.29. The number of aromatic amines is 1. The highest BCUT2D eigenvalue weighted by Gasteiger charge is 2.23. The average molecular weight is 220 g/mol. The molecule has 1 aliphatic rings. The van der Waals surface area contributed by atoms with Gasteiger partial charge in [0.1, 0.15) is 0 Å². The molecule has 1 aliphatic carbocycles. The summed E-state index contributed by atoms with van der Waals surface area (Å²) < 4.78 is 0. The zero-order valence-corrected chi connectivity index (χ0v) is 10.8. The molecule has 0 fully saturated rings. The van der Waals surface area contributed by atoms with Gasteiger partial charge in [0.25, 0.3) is 0 Å². The second-order valence-electron chi connectivity index (χ2n) is 5.62. The van der Waals surface area contributed by atoms with Gasteiger partial charge in [-0.2, -0.15) is 5.10 Å². The lowest BCUT2D eigenvalue weighted by Crippen LogP contribution is -2.14. The summed E-state index contributed by atoms with van der Waals surface area (Å²) in [5.74, 6) is 1.61. The van der Waals surface area contributed by atoms with Crippen molar-refractivity contribution in [1.82, 2.24) is 10.2 Å². The van der Waals surface area contributed by atoms with Crippen molar-refractivity contribution in [2.45, 2.75) is 59.3 Å². The maximum Gasteiger partial charge on any atom is 0.0659 e. The number of rotatable bonds is 4. The molecule has 0 aliphatic heterocycles. The Balaban J connectivity index is 2.11. The summed E-state index contributed by atoms with van der Waals surface area (Å²) >= 11 is 0. The minimum Gasteiger partial charge on any atom is -0.282 e. The fourth-order valence-electron chi connectivity index (χ4n) is 2.84. The minimum absolute atomic E-state index is 0.707. The third-order valence-corrected chi connectivity index (χ3v) is 3.63. The normalized spacial score (nSPS) is 20.1. The summed E-state index contributed by atoms with van der Waals surface area (Å²) in [7, 11) is 0. The molecule has 2 nitrogen and oxygen atoms in total. The van der Waals surface area contributed by atoms with Crippen LogP contribution in [0.1, 0.15) is 57.0 Å². The first-order valence-electron chi connectivity index (χ1n) is 6.75. The predicted octanol–water partition coefficient (Wildman–Crippen LogP) is 3.51. The standard InChI is InChI=1S/C14H24N2/c1-4-5-11-6-7-13-12(9-11)14(16-15-13)8-10(2)3/h10-11H,4-9H2,1-3H3,(H,15,16). The van der Waals surface area contributed by atoms with Gasteiger partial charge in [0.15, 0.2) is 0 Å². The Morgan fingerprint density at radius 3 is 2.94 bits per heavy atom. The third kappa shape index (κ3) is 2.47. The van der Waals surface area contributed by atoms with Crippen LogP contribution in [-0.2, 0) is 19.3 Å². The summed E-state index contributed by atoms with van der Waals surface area (Å²) in [6, 6.07) is 0. The van der Waals surface area contributed by atoms with Crippen molar-refractivity contribution in [3.8, 4) is 0 Å². The Kier molecular flexibility index (Phi) is 3.67. The highest BCUT2D eigenvalue weighted by atomic mass is 15.1. The molecule has 1 atom stereocenters. The topological polar surface area (TPSA) is 28.7 Å². The predicted molar refractivity (Wildman–Crippen MR) is 67.6 cm³/mol. The van der Waals surface area contributed by atoms with E-state index in [4.69, 9.17) is 0 Å². The molecule has 1 unspecified atom stereocenters. The van der Waals surface area contributed by atoms with E-state index in [0.717, 1.165) is 12.3 Å². The lowest BCUT2D eigenvalue weighted by Gasteiger charge is -2.22. The van der Waals surface area contributed by atoms with E-state index in [2.05, 4.69) is 31.0 Å². The molecule has 1 aromatic heterocycles. The summed E-state index contributed by atoms with van der Waals surface area (Å²) in [5.41, 5.74) is 4.31. The van der Waals surface area contributed by atoms with Gasteiger partial charge in [-0.05, 0) is 43.1 Å². The molecule has 16 heavy (non-hydrogen) atoms. The molecule has 1 N–H and O–H groups in total. The number of aryl methyl sites for hydroxylation is 1. The fourth-order valence-corrected chi connectivity index (χ4v) is 2.84. The van der Waals surface area contributed by atoms with Crippen molar-refractivity contribution in [2.75, 3.05) is 0 Å². The number of hydrogen-bond acceptors (Lipinski definition) is 1. The van der Waals surface area contributed by atoms with Crippen LogP contribution >= 0.6 is 0 Å². The van der Waals surface area contributed by atoms with Crippen LogP contribution in [0.4, 0.5) is 0 Å². The Hall–Kier alpha value is -0.790. The molecule has 0 bridgehead atoms. The van der Waals surface area contributed by atoms with E-state index in [9.17, 15) is 0 Å². The van der Waals surface area contributed by atoms with E-state index in [-0.39, 0.29) is 0 Å². The van der Waals surface area contributed by atoms with Crippen molar-refractivity contribution >= 4 is 0 Å². The molecule has 0 radical (unpaired) electrons. The van der Waals surface area contributed by atoms with E-state index in [1.54, 1.807) is 5.56 Å². The summed E-state index contributed by atoms with van der Waals surface area (Å²) in [5, 5.41) is 7.75. The van der Waals surface area contributed by atoms with Gasteiger partial charge in [-0.15, -0.1) is 0 Å². The first-order valence-corrected chi connectivity index (χ1v) is 6.75. The quantitative estimate of drug-likeness (QED) is 0.826. The molecule has 0 spiro atoms. The summed E-state index contributed by atoms with van der Waals surface area (Å²) in [6.45, 7) is 6.83. The zero-order valence-electron chi connectivity index (χ0n) is 10.8. The van der Waals surface area contributed by atoms with Crippen LogP contribution in [0, 0.1) is 11.8 Å². The van der Waals surface area contributed by atoms with Crippen LogP contribution in [0.2, 0.25) is 0 Å². The Morgan fingerprint density at radius 2 is 2.25 bits per heavy atom. The van der Waals surface area contributed by atoms with Gasteiger partial charge in [0.05, 0.1) is 5.69 Å². The van der Waals surface area contributed by atoms with E-state index >= 15 is 0 Å². The zero-order chi connectivity index (χ0) is 11.5. The molecule has 1 heterocycles. The second-order valence-corrected chi connectivity index (χ2v) is 5.62. The number of H-pyrrole nitrogens is 1. The number of nitrogens with zero attached hydrogens (tertiary/aromatic N) is 1. The summed E-state index contributed by atoms with van der Waals surface area (Å²) in [6.07, 6.45) is 7.66. The van der Waals surface area contributed by atoms with Gasteiger partial charge in [-0.25, -0.2) is 0 Å². The fraction of sp³-hybridized carbons (Fsp3) is 0.786. The van der Waals surface area contributed by atoms with Gasteiger partial charge >= 0.3 is 0 Å². The average Bonchev–Trinajstić information content (AvgIpc) is 2.61. The smallest absolute Gasteiger partial charge is 0.0659 e. The first kappa shape index (κ1) is 11.7.